The molecule has 1 unspecified atom stereocenters. The highest BCUT2D eigenvalue weighted by molar-refractivity contribution is 9.09. The fourth-order valence-electron chi connectivity index (χ4n) is 1.87. The van der Waals surface area contributed by atoms with E-state index in [-0.39, 0.29) is 4.83 Å². The molecule has 22 heavy (non-hydrogen) atoms. The van der Waals surface area contributed by atoms with Gasteiger partial charge in [0.15, 0.2) is 0 Å². The van der Waals surface area contributed by atoms with E-state index in [0.717, 1.165) is 31.1 Å². The standard InChI is InChI=1S/C18H25BrO3/c1-2-3-10-17(13-20)18(19)15-22-12-7-11-21-14-16-8-5-4-6-9-16/h4-6,8-10,13,18H,2-3,7,11-12,14-15H2,1H3/b17-10-. The van der Waals surface area contributed by atoms with Crippen LogP contribution in [0.1, 0.15) is 31.7 Å². The van der Waals surface area contributed by atoms with Gasteiger partial charge in [0.2, 0.25) is 0 Å². The Labute approximate surface area is 141 Å². The lowest BCUT2D eigenvalue weighted by atomic mass is 10.1. The molecule has 0 saturated carbocycles. The molecule has 0 radical (unpaired) electrons. The zero-order valence-electron chi connectivity index (χ0n) is 13.2. The summed E-state index contributed by atoms with van der Waals surface area (Å²) < 4.78 is 11.2. The van der Waals surface area contributed by atoms with Crippen LogP contribution in [0, 0.1) is 0 Å². The number of unbranched alkanes of at least 4 members (excludes halogenated alkanes) is 1. The van der Waals surface area contributed by atoms with Gasteiger partial charge in [0.1, 0.15) is 6.29 Å². The molecule has 0 spiro atoms. The first-order chi connectivity index (χ1) is 10.8. The number of carbonyl (C=O) groups excluding carboxylic acids is 1. The molecule has 1 aromatic rings. The van der Waals surface area contributed by atoms with Crippen molar-refractivity contribution in [2.75, 3.05) is 19.8 Å². The Hall–Kier alpha value is -0.970. The lowest BCUT2D eigenvalue weighted by Crippen LogP contribution is -2.14. The third-order valence-electron chi connectivity index (χ3n) is 3.12. The zero-order chi connectivity index (χ0) is 16.0. The molecule has 4 heteroatoms. The maximum absolute atomic E-state index is 11.0. The van der Waals surface area contributed by atoms with E-state index in [2.05, 4.69) is 35.0 Å². The largest absolute Gasteiger partial charge is 0.380 e. The Kier molecular flexibility index (Phi) is 10.9. The van der Waals surface area contributed by atoms with Crippen LogP contribution < -0.4 is 0 Å². The van der Waals surface area contributed by atoms with Crippen LogP contribution in [0.5, 0.6) is 0 Å². The van der Waals surface area contributed by atoms with Gasteiger partial charge in [-0.3, -0.25) is 4.79 Å². The number of aldehydes is 1. The molecule has 0 saturated heterocycles. The van der Waals surface area contributed by atoms with Crippen molar-refractivity contribution in [2.24, 2.45) is 0 Å². The van der Waals surface area contributed by atoms with Crippen LogP contribution in [-0.4, -0.2) is 30.9 Å². The van der Waals surface area contributed by atoms with Crippen LogP contribution in [0.25, 0.3) is 0 Å². The number of ether oxygens (including phenoxy) is 2. The molecule has 0 aliphatic rings. The number of allylic oxidation sites excluding steroid dienone is 1. The molecule has 1 aromatic carbocycles. The van der Waals surface area contributed by atoms with Crippen LogP contribution in [-0.2, 0) is 20.9 Å². The van der Waals surface area contributed by atoms with E-state index in [1.807, 2.05) is 24.3 Å². The smallest absolute Gasteiger partial charge is 0.146 e. The summed E-state index contributed by atoms with van der Waals surface area (Å²) in [6.45, 7) is 4.54. The highest BCUT2D eigenvalue weighted by Gasteiger charge is 2.09. The minimum Gasteiger partial charge on any atom is -0.380 e. The summed E-state index contributed by atoms with van der Waals surface area (Å²) in [5, 5.41) is 0. The van der Waals surface area contributed by atoms with Gasteiger partial charge >= 0.3 is 0 Å². The first-order valence-corrected chi connectivity index (χ1v) is 8.68. The first kappa shape index (κ1) is 19.1. The molecular formula is C18H25BrO3. The quantitative estimate of drug-likeness (QED) is 0.239. The Morgan fingerprint density at radius 3 is 2.64 bits per heavy atom. The van der Waals surface area contributed by atoms with Gasteiger partial charge in [-0.15, -0.1) is 0 Å². The van der Waals surface area contributed by atoms with Crippen molar-refractivity contribution in [1.82, 2.24) is 0 Å². The molecule has 0 heterocycles. The summed E-state index contributed by atoms with van der Waals surface area (Å²) in [5.74, 6) is 0. The predicted molar refractivity (Wildman–Crippen MR) is 93.3 cm³/mol. The zero-order valence-corrected chi connectivity index (χ0v) is 14.8. The maximum atomic E-state index is 11.0. The Morgan fingerprint density at radius 1 is 1.23 bits per heavy atom. The van der Waals surface area contributed by atoms with Crippen LogP contribution >= 0.6 is 15.9 Å². The number of benzene rings is 1. The summed E-state index contributed by atoms with van der Waals surface area (Å²) in [4.78, 5) is 11.0. The summed E-state index contributed by atoms with van der Waals surface area (Å²) in [7, 11) is 0. The van der Waals surface area contributed by atoms with Gasteiger partial charge in [0.25, 0.3) is 0 Å². The van der Waals surface area contributed by atoms with Crippen molar-refractivity contribution in [3.05, 3.63) is 47.5 Å². The molecule has 0 N–H and O–H groups in total. The second-order valence-corrected chi connectivity index (χ2v) is 6.15. The lowest BCUT2D eigenvalue weighted by Gasteiger charge is -2.11. The second kappa shape index (κ2) is 12.6. The van der Waals surface area contributed by atoms with E-state index < -0.39 is 0 Å². The van der Waals surface area contributed by atoms with Crippen molar-refractivity contribution >= 4 is 22.2 Å². The highest BCUT2D eigenvalue weighted by atomic mass is 79.9. The molecule has 3 nitrogen and oxygen atoms in total. The van der Waals surface area contributed by atoms with Gasteiger partial charge in [-0.2, -0.15) is 0 Å². The van der Waals surface area contributed by atoms with Crippen molar-refractivity contribution in [3.8, 4) is 0 Å². The van der Waals surface area contributed by atoms with E-state index in [1.54, 1.807) is 0 Å². The van der Waals surface area contributed by atoms with Crippen LogP contribution in [0.15, 0.2) is 42.0 Å². The van der Waals surface area contributed by atoms with Crippen LogP contribution in [0.2, 0.25) is 0 Å². The molecule has 0 fully saturated rings. The molecule has 0 aliphatic carbocycles. The highest BCUT2D eigenvalue weighted by Crippen LogP contribution is 2.12. The number of alkyl halides is 1. The Balaban J connectivity index is 2.06. The molecule has 0 amide bonds. The van der Waals surface area contributed by atoms with Crippen molar-refractivity contribution in [1.29, 1.82) is 0 Å². The lowest BCUT2D eigenvalue weighted by molar-refractivity contribution is -0.105. The molecular weight excluding hydrogens is 344 g/mol. The first-order valence-electron chi connectivity index (χ1n) is 7.76. The number of halogens is 1. The van der Waals surface area contributed by atoms with E-state index in [4.69, 9.17) is 9.47 Å². The fourth-order valence-corrected chi connectivity index (χ4v) is 2.35. The van der Waals surface area contributed by atoms with Crippen molar-refractivity contribution in [3.63, 3.8) is 0 Å². The third kappa shape index (κ3) is 8.47. The number of carbonyl (C=O) groups is 1. The van der Waals surface area contributed by atoms with E-state index in [9.17, 15) is 4.79 Å². The Bertz CT molecular complexity index is 431. The van der Waals surface area contributed by atoms with E-state index in [0.29, 0.717) is 26.4 Å². The summed E-state index contributed by atoms with van der Waals surface area (Å²) >= 11 is 3.49. The maximum Gasteiger partial charge on any atom is 0.146 e. The SMILES string of the molecule is CCC/C=C(/C=O)C(Br)COCCCOCc1ccccc1. The van der Waals surface area contributed by atoms with E-state index in [1.165, 1.54) is 5.56 Å². The normalized spacial score (nSPS) is 13.1. The van der Waals surface area contributed by atoms with Crippen LogP contribution in [0.4, 0.5) is 0 Å². The number of hydrogen-bond donors (Lipinski definition) is 0. The Morgan fingerprint density at radius 2 is 1.95 bits per heavy atom. The van der Waals surface area contributed by atoms with Crippen LogP contribution in [0.3, 0.4) is 0 Å². The molecule has 0 bridgehead atoms. The van der Waals surface area contributed by atoms with Crippen molar-refractivity contribution in [2.45, 2.75) is 37.6 Å². The summed E-state index contributed by atoms with van der Waals surface area (Å²) in [6, 6.07) is 10.1. The average molecular weight is 369 g/mol. The second-order valence-electron chi connectivity index (χ2n) is 5.04. The molecule has 122 valence electrons. The molecule has 0 aromatic heterocycles. The number of hydrogen-bond acceptors (Lipinski definition) is 3. The van der Waals surface area contributed by atoms with Gasteiger partial charge < -0.3 is 9.47 Å². The minimum absolute atomic E-state index is 0.0261. The van der Waals surface area contributed by atoms with Gasteiger partial charge in [0, 0.05) is 18.8 Å². The fraction of sp³-hybridized carbons (Fsp3) is 0.500. The minimum atomic E-state index is -0.0261. The third-order valence-corrected chi connectivity index (χ3v) is 3.91. The molecule has 1 atom stereocenters. The average Bonchev–Trinajstić information content (AvgIpc) is 2.55. The summed E-state index contributed by atoms with van der Waals surface area (Å²) in [5.41, 5.74) is 1.95. The van der Waals surface area contributed by atoms with Gasteiger partial charge in [-0.25, -0.2) is 0 Å². The monoisotopic (exact) mass is 368 g/mol. The topological polar surface area (TPSA) is 35.5 Å². The van der Waals surface area contributed by atoms with Gasteiger partial charge in [0.05, 0.1) is 18.0 Å². The predicted octanol–water partition coefficient (Wildman–Crippen LogP) is 4.30. The van der Waals surface area contributed by atoms with Gasteiger partial charge in [-0.05, 0) is 18.4 Å². The number of rotatable bonds is 12. The molecule has 1 rings (SSSR count). The van der Waals surface area contributed by atoms with Gasteiger partial charge in [-0.1, -0.05) is 65.7 Å². The van der Waals surface area contributed by atoms with E-state index >= 15 is 0 Å². The summed E-state index contributed by atoms with van der Waals surface area (Å²) in [6.07, 6.45) is 5.68. The van der Waals surface area contributed by atoms with Crippen molar-refractivity contribution < 1.29 is 14.3 Å². The molecule has 0 aliphatic heterocycles.